The Morgan fingerprint density at radius 1 is 1.50 bits per heavy atom. The predicted octanol–water partition coefficient (Wildman–Crippen LogP) is -1.77. The maximum atomic E-state index is 11.4. The Labute approximate surface area is 92.2 Å². The molecule has 0 bridgehead atoms. The maximum absolute atomic E-state index is 11.4. The minimum Gasteiger partial charge on any atom is -0.396 e. The smallest absolute Gasteiger partial charge is 0.237 e. The van der Waals surface area contributed by atoms with E-state index >= 15 is 0 Å². The number of piperazine rings is 1. The fourth-order valence-electron chi connectivity index (χ4n) is 1.56. The molecule has 16 heavy (non-hydrogen) atoms. The molecule has 0 aliphatic carbocycles. The number of nitrogens with one attached hydrogen (secondary N) is 2. The summed E-state index contributed by atoms with van der Waals surface area (Å²) < 4.78 is 4.98. The Kier molecular flexibility index (Phi) is 3.47. The average Bonchev–Trinajstić information content (AvgIpc) is 2.70. The van der Waals surface area contributed by atoms with Gasteiger partial charge in [-0.3, -0.25) is 4.79 Å². The molecule has 3 N–H and O–H groups in total. The van der Waals surface area contributed by atoms with E-state index in [2.05, 4.69) is 20.8 Å². The second kappa shape index (κ2) is 5.04. The molecule has 1 fully saturated rings. The van der Waals surface area contributed by atoms with Gasteiger partial charge in [0.05, 0.1) is 19.1 Å². The van der Waals surface area contributed by atoms with E-state index in [1.54, 1.807) is 0 Å². The van der Waals surface area contributed by atoms with Crippen molar-refractivity contribution in [2.45, 2.75) is 18.9 Å². The van der Waals surface area contributed by atoms with Gasteiger partial charge in [-0.2, -0.15) is 4.98 Å². The summed E-state index contributed by atoms with van der Waals surface area (Å²) in [6, 6.07) is -0.309. The Hall–Kier alpha value is -1.47. The van der Waals surface area contributed by atoms with Crippen LogP contribution in [0.3, 0.4) is 0 Å². The van der Waals surface area contributed by atoms with Gasteiger partial charge in [0.15, 0.2) is 5.82 Å². The zero-order chi connectivity index (χ0) is 11.4. The molecule has 0 saturated carbocycles. The molecule has 1 aliphatic rings. The quantitative estimate of drug-likeness (QED) is 0.562. The van der Waals surface area contributed by atoms with Gasteiger partial charge in [-0.1, -0.05) is 5.16 Å². The molecular weight excluding hydrogens is 212 g/mol. The third-order valence-electron chi connectivity index (χ3n) is 2.36. The lowest BCUT2D eigenvalue weighted by molar-refractivity contribution is -0.124. The number of hydrogen-bond donors (Lipinski definition) is 3. The highest BCUT2D eigenvalue weighted by molar-refractivity contribution is 5.82. The van der Waals surface area contributed by atoms with E-state index in [4.69, 9.17) is 9.63 Å². The Morgan fingerprint density at radius 3 is 3.12 bits per heavy atom. The van der Waals surface area contributed by atoms with Crippen LogP contribution in [0.4, 0.5) is 0 Å². The molecule has 1 aromatic rings. The summed E-state index contributed by atoms with van der Waals surface area (Å²) in [5.74, 6) is 0.833. The summed E-state index contributed by atoms with van der Waals surface area (Å²) in [5.41, 5.74) is 0. The van der Waals surface area contributed by atoms with Crippen LogP contribution < -0.4 is 10.6 Å². The van der Waals surface area contributed by atoms with Crippen LogP contribution in [0.15, 0.2) is 4.52 Å². The number of aromatic nitrogens is 2. The molecule has 1 unspecified atom stereocenters. The minimum atomic E-state index is -0.309. The molecule has 7 nitrogen and oxygen atoms in total. The van der Waals surface area contributed by atoms with Crippen molar-refractivity contribution in [1.29, 1.82) is 0 Å². The first-order valence-electron chi connectivity index (χ1n) is 5.23. The van der Waals surface area contributed by atoms with Crippen molar-refractivity contribution in [2.24, 2.45) is 0 Å². The van der Waals surface area contributed by atoms with Gasteiger partial charge in [0.25, 0.3) is 0 Å². The van der Waals surface area contributed by atoms with Crippen LogP contribution in [0.2, 0.25) is 0 Å². The molecule has 0 radical (unpaired) electrons. The Bertz CT molecular complexity index is 365. The van der Waals surface area contributed by atoms with Crippen molar-refractivity contribution in [3.63, 3.8) is 0 Å². The molecule has 2 rings (SSSR count). The monoisotopic (exact) mass is 226 g/mol. The molecule has 1 saturated heterocycles. The van der Waals surface area contributed by atoms with Crippen LogP contribution in [0.25, 0.3) is 0 Å². The van der Waals surface area contributed by atoms with Gasteiger partial charge in [-0.25, -0.2) is 0 Å². The maximum Gasteiger partial charge on any atom is 0.237 e. The van der Waals surface area contributed by atoms with E-state index in [0.29, 0.717) is 31.1 Å². The molecule has 2 heterocycles. The van der Waals surface area contributed by atoms with Crippen LogP contribution in [0.1, 0.15) is 11.7 Å². The highest BCUT2D eigenvalue weighted by Crippen LogP contribution is 2.03. The van der Waals surface area contributed by atoms with E-state index in [9.17, 15) is 4.79 Å². The summed E-state index contributed by atoms with van der Waals surface area (Å²) >= 11 is 0. The van der Waals surface area contributed by atoms with E-state index in [1.807, 2.05) is 0 Å². The topological polar surface area (TPSA) is 100 Å². The van der Waals surface area contributed by atoms with Crippen molar-refractivity contribution in [2.75, 3.05) is 19.7 Å². The molecule has 7 heteroatoms. The number of carbonyl (C=O) groups excluding carboxylic acids is 1. The number of aliphatic hydroxyl groups is 1. The second-order valence-corrected chi connectivity index (χ2v) is 3.58. The molecule has 1 atom stereocenters. The van der Waals surface area contributed by atoms with Crippen molar-refractivity contribution in [1.82, 2.24) is 20.8 Å². The van der Waals surface area contributed by atoms with Gasteiger partial charge in [0.2, 0.25) is 11.8 Å². The number of hydrogen-bond acceptors (Lipinski definition) is 6. The first-order chi connectivity index (χ1) is 7.79. The molecule has 0 aromatic carbocycles. The molecular formula is C9H14N4O3. The molecule has 1 aliphatic heterocycles. The lowest BCUT2D eigenvalue weighted by atomic mass is 10.1. The van der Waals surface area contributed by atoms with Crippen LogP contribution in [-0.4, -0.2) is 46.9 Å². The zero-order valence-corrected chi connectivity index (χ0v) is 8.77. The largest absolute Gasteiger partial charge is 0.396 e. The Morgan fingerprint density at radius 2 is 2.38 bits per heavy atom. The summed E-state index contributed by atoms with van der Waals surface area (Å²) in [7, 11) is 0. The standard InChI is InChI=1S/C9H14N4O3/c14-4-1-7-12-8(16-13-7)5-6-9(15)11-3-2-10-6/h6,10,14H,1-5H2,(H,11,15). The summed E-state index contributed by atoms with van der Waals surface area (Å²) in [6.45, 7) is 1.38. The van der Waals surface area contributed by atoms with E-state index < -0.39 is 0 Å². The van der Waals surface area contributed by atoms with Crippen LogP contribution >= 0.6 is 0 Å². The van der Waals surface area contributed by atoms with Gasteiger partial charge < -0.3 is 20.3 Å². The number of amides is 1. The summed E-state index contributed by atoms with van der Waals surface area (Å²) in [5, 5.41) is 18.2. The number of aliphatic hydroxyl groups excluding tert-OH is 1. The van der Waals surface area contributed by atoms with Gasteiger partial charge in [-0.05, 0) is 0 Å². The highest BCUT2D eigenvalue weighted by atomic mass is 16.5. The lowest BCUT2D eigenvalue weighted by Gasteiger charge is -2.21. The average molecular weight is 226 g/mol. The fraction of sp³-hybridized carbons (Fsp3) is 0.667. The van der Waals surface area contributed by atoms with Gasteiger partial charge in [-0.15, -0.1) is 0 Å². The third-order valence-corrected chi connectivity index (χ3v) is 2.36. The molecule has 0 spiro atoms. The predicted molar refractivity (Wildman–Crippen MR) is 53.6 cm³/mol. The number of carbonyl (C=O) groups is 1. The molecule has 1 aromatic heterocycles. The number of rotatable bonds is 4. The fourth-order valence-corrected chi connectivity index (χ4v) is 1.56. The van der Waals surface area contributed by atoms with E-state index in [0.717, 1.165) is 6.54 Å². The SMILES string of the molecule is O=C1NCCNC1Cc1nc(CCO)no1. The van der Waals surface area contributed by atoms with Crippen LogP contribution in [-0.2, 0) is 17.6 Å². The highest BCUT2D eigenvalue weighted by Gasteiger charge is 2.23. The zero-order valence-electron chi connectivity index (χ0n) is 8.77. The lowest BCUT2D eigenvalue weighted by Crippen LogP contribution is -2.53. The third kappa shape index (κ3) is 2.56. The van der Waals surface area contributed by atoms with E-state index in [1.165, 1.54) is 0 Å². The first kappa shape index (κ1) is 11.0. The van der Waals surface area contributed by atoms with Crippen molar-refractivity contribution in [3.8, 4) is 0 Å². The second-order valence-electron chi connectivity index (χ2n) is 3.58. The first-order valence-corrected chi connectivity index (χ1v) is 5.23. The minimum absolute atomic E-state index is 0.0128. The normalized spacial score (nSPS) is 20.8. The number of nitrogens with zero attached hydrogens (tertiary/aromatic N) is 2. The summed E-state index contributed by atoms with van der Waals surface area (Å²) in [6.07, 6.45) is 0.748. The molecule has 88 valence electrons. The van der Waals surface area contributed by atoms with Gasteiger partial charge in [0, 0.05) is 19.5 Å². The van der Waals surface area contributed by atoms with Crippen molar-refractivity contribution < 1.29 is 14.4 Å². The summed E-state index contributed by atoms with van der Waals surface area (Å²) in [4.78, 5) is 15.5. The van der Waals surface area contributed by atoms with Crippen LogP contribution in [0.5, 0.6) is 0 Å². The van der Waals surface area contributed by atoms with Crippen molar-refractivity contribution in [3.05, 3.63) is 11.7 Å². The molecule has 1 amide bonds. The van der Waals surface area contributed by atoms with Crippen LogP contribution in [0, 0.1) is 0 Å². The Balaban J connectivity index is 1.94. The van der Waals surface area contributed by atoms with Gasteiger partial charge >= 0.3 is 0 Å². The van der Waals surface area contributed by atoms with E-state index in [-0.39, 0.29) is 18.6 Å². The van der Waals surface area contributed by atoms with Gasteiger partial charge in [0.1, 0.15) is 0 Å². The van der Waals surface area contributed by atoms with Crippen molar-refractivity contribution >= 4 is 5.91 Å².